The molecule has 1 aromatic carbocycles. The molecular formula is C12H13Cl2NOS. The first-order valence-corrected chi connectivity index (χ1v) is 6.18. The Balaban J connectivity index is 0.00000144. The normalized spacial score (nSPS) is 11.9. The first-order valence-electron chi connectivity index (χ1n) is 4.86. The number of hydrogen-bond acceptors (Lipinski definition) is 3. The molecule has 2 nitrogen and oxygen atoms in total. The van der Waals surface area contributed by atoms with Crippen molar-refractivity contribution in [2.75, 3.05) is 0 Å². The first kappa shape index (κ1) is 14.3. The molecule has 0 saturated carbocycles. The van der Waals surface area contributed by atoms with Gasteiger partial charge in [-0.1, -0.05) is 11.6 Å². The molecule has 0 unspecified atom stereocenters. The van der Waals surface area contributed by atoms with Crippen LogP contribution in [0.5, 0.6) is 5.75 Å². The van der Waals surface area contributed by atoms with Crippen molar-refractivity contribution in [3.8, 4) is 5.75 Å². The van der Waals surface area contributed by atoms with Crippen molar-refractivity contribution < 1.29 is 5.11 Å². The number of nitrogens with two attached hydrogens (primary N) is 1. The van der Waals surface area contributed by atoms with Crippen LogP contribution in [-0.4, -0.2) is 5.11 Å². The fourth-order valence-corrected chi connectivity index (χ4v) is 2.61. The summed E-state index contributed by atoms with van der Waals surface area (Å²) in [5.74, 6) is 0.225. The predicted molar refractivity (Wildman–Crippen MR) is 75.5 cm³/mol. The quantitative estimate of drug-likeness (QED) is 0.881. The summed E-state index contributed by atoms with van der Waals surface area (Å²) in [5.41, 5.74) is 8.49. The zero-order chi connectivity index (χ0) is 11.7. The molecule has 17 heavy (non-hydrogen) atoms. The summed E-state index contributed by atoms with van der Waals surface area (Å²) < 4.78 is 0. The van der Waals surface area contributed by atoms with Crippen molar-refractivity contribution in [1.82, 2.24) is 0 Å². The van der Waals surface area contributed by atoms with Crippen molar-refractivity contribution in [3.05, 3.63) is 50.7 Å². The van der Waals surface area contributed by atoms with E-state index in [-0.39, 0.29) is 24.2 Å². The summed E-state index contributed by atoms with van der Waals surface area (Å²) in [7, 11) is 0. The number of rotatable bonds is 2. The number of aromatic hydroxyl groups is 1. The first-order chi connectivity index (χ1) is 7.59. The maximum absolute atomic E-state index is 9.96. The van der Waals surface area contributed by atoms with Gasteiger partial charge < -0.3 is 10.8 Å². The Labute approximate surface area is 115 Å². The smallest absolute Gasteiger partial charge is 0.123 e. The van der Waals surface area contributed by atoms with Crippen molar-refractivity contribution in [1.29, 1.82) is 0 Å². The molecule has 1 heterocycles. The van der Waals surface area contributed by atoms with E-state index in [1.807, 2.05) is 23.8 Å². The molecule has 3 N–H and O–H groups in total. The standard InChI is InChI=1S/C12H12ClNOS.ClH/c1-7-4-9(13)5-10(12(7)15)11(14)8-2-3-16-6-8;/h2-6,11,15H,14H2,1H3;1H/t11-;/m0./s1. The van der Waals surface area contributed by atoms with Gasteiger partial charge in [0, 0.05) is 10.6 Å². The van der Waals surface area contributed by atoms with Gasteiger partial charge in [0.05, 0.1) is 6.04 Å². The zero-order valence-corrected chi connectivity index (χ0v) is 11.6. The minimum absolute atomic E-state index is 0. The average molecular weight is 290 g/mol. The van der Waals surface area contributed by atoms with E-state index < -0.39 is 0 Å². The van der Waals surface area contributed by atoms with Crippen LogP contribution < -0.4 is 5.73 Å². The lowest BCUT2D eigenvalue weighted by Gasteiger charge is -2.14. The molecule has 2 aromatic rings. The molecule has 0 fully saturated rings. The lowest BCUT2D eigenvalue weighted by Crippen LogP contribution is -2.11. The van der Waals surface area contributed by atoms with Gasteiger partial charge in [-0.05, 0) is 47.0 Å². The molecule has 0 radical (unpaired) electrons. The second kappa shape index (κ2) is 5.74. The number of phenolic OH excluding ortho intramolecular Hbond substituents is 1. The van der Waals surface area contributed by atoms with Crippen LogP contribution in [0.2, 0.25) is 5.02 Å². The Bertz CT molecular complexity index is 499. The van der Waals surface area contributed by atoms with Crippen LogP contribution in [-0.2, 0) is 0 Å². The molecule has 92 valence electrons. The van der Waals surface area contributed by atoms with Gasteiger partial charge in [0.15, 0.2) is 0 Å². The molecule has 0 spiro atoms. The summed E-state index contributed by atoms with van der Waals surface area (Å²) in [4.78, 5) is 0. The van der Waals surface area contributed by atoms with Crippen molar-refractivity contribution >= 4 is 35.3 Å². The Morgan fingerprint density at radius 1 is 1.41 bits per heavy atom. The fraction of sp³-hybridized carbons (Fsp3) is 0.167. The lowest BCUT2D eigenvalue weighted by molar-refractivity contribution is 0.461. The number of aryl methyl sites for hydroxylation is 1. The predicted octanol–water partition coefficient (Wildman–Crippen LogP) is 3.89. The van der Waals surface area contributed by atoms with Crippen LogP contribution in [0.15, 0.2) is 29.0 Å². The van der Waals surface area contributed by atoms with Crippen molar-refractivity contribution in [3.63, 3.8) is 0 Å². The van der Waals surface area contributed by atoms with Gasteiger partial charge in [-0.3, -0.25) is 0 Å². The molecule has 0 bridgehead atoms. The van der Waals surface area contributed by atoms with Gasteiger partial charge in [0.25, 0.3) is 0 Å². The number of thiophene rings is 1. The summed E-state index contributed by atoms with van der Waals surface area (Å²) in [5, 5.41) is 14.5. The summed E-state index contributed by atoms with van der Waals surface area (Å²) in [6.45, 7) is 1.81. The van der Waals surface area contributed by atoms with Gasteiger partial charge in [-0.2, -0.15) is 11.3 Å². The molecule has 1 atom stereocenters. The van der Waals surface area contributed by atoms with Gasteiger partial charge in [-0.15, -0.1) is 12.4 Å². The minimum Gasteiger partial charge on any atom is -0.507 e. The van der Waals surface area contributed by atoms with Crippen LogP contribution in [0.3, 0.4) is 0 Å². The van der Waals surface area contributed by atoms with Gasteiger partial charge in [0.1, 0.15) is 5.75 Å². The monoisotopic (exact) mass is 289 g/mol. The van der Waals surface area contributed by atoms with E-state index in [2.05, 4.69) is 0 Å². The molecule has 0 aliphatic heterocycles. The van der Waals surface area contributed by atoms with Gasteiger partial charge in [0.2, 0.25) is 0 Å². The maximum Gasteiger partial charge on any atom is 0.123 e. The third-order valence-electron chi connectivity index (χ3n) is 2.53. The van der Waals surface area contributed by atoms with Gasteiger partial charge in [-0.25, -0.2) is 0 Å². The molecule has 2 rings (SSSR count). The largest absolute Gasteiger partial charge is 0.507 e. The fourth-order valence-electron chi connectivity index (χ4n) is 1.63. The van der Waals surface area contributed by atoms with Crippen LogP contribution >= 0.6 is 35.3 Å². The highest BCUT2D eigenvalue weighted by Gasteiger charge is 2.15. The topological polar surface area (TPSA) is 46.2 Å². The number of hydrogen-bond donors (Lipinski definition) is 2. The maximum atomic E-state index is 9.96. The summed E-state index contributed by atoms with van der Waals surface area (Å²) >= 11 is 7.55. The third kappa shape index (κ3) is 2.93. The molecule has 0 aliphatic rings. The highest BCUT2D eigenvalue weighted by atomic mass is 35.5. The summed E-state index contributed by atoms with van der Waals surface area (Å²) in [6.07, 6.45) is 0. The van der Waals surface area contributed by atoms with E-state index in [1.54, 1.807) is 23.5 Å². The zero-order valence-electron chi connectivity index (χ0n) is 9.18. The van der Waals surface area contributed by atoms with E-state index in [1.165, 1.54) is 0 Å². The average Bonchev–Trinajstić information content (AvgIpc) is 2.75. The van der Waals surface area contributed by atoms with E-state index in [0.29, 0.717) is 10.6 Å². The molecule has 5 heteroatoms. The van der Waals surface area contributed by atoms with Crippen LogP contribution in [0.25, 0.3) is 0 Å². The number of benzene rings is 1. The van der Waals surface area contributed by atoms with E-state index in [9.17, 15) is 5.11 Å². The summed E-state index contributed by atoms with van der Waals surface area (Å²) in [6, 6.07) is 5.06. The second-order valence-electron chi connectivity index (χ2n) is 3.69. The second-order valence-corrected chi connectivity index (χ2v) is 4.91. The SMILES string of the molecule is Cc1cc(Cl)cc([C@@H](N)c2ccsc2)c1O.Cl. The van der Waals surface area contributed by atoms with Crippen molar-refractivity contribution in [2.45, 2.75) is 13.0 Å². The van der Waals surface area contributed by atoms with Gasteiger partial charge >= 0.3 is 0 Å². The highest BCUT2D eigenvalue weighted by Crippen LogP contribution is 2.33. The van der Waals surface area contributed by atoms with Crippen LogP contribution in [0, 0.1) is 6.92 Å². The molecule has 0 amide bonds. The Hall–Kier alpha value is -0.740. The molecule has 1 aromatic heterocycles. The number of phenols is 1. The van der Waals surface area contributed by atoms with Crippen LogP contribution in [0.1, 0.15) is 22.7 Å². The lowest BCUT2D eigenvalue weighted by atomic mass is 9.99. The Morgan fingerprint density at radius 2 is 2.12 bits per heavy atom. The minimum atomic E-state index is -0.330. The molecule has 0 saturated heterocycles. The Kier molecular flexibility index (Phi) is 4.83. The Morgan fingerprint density at radius 3 is 2.71 bits per heavy atom. The van der Waals surface area contributed by atoms with E-state index >= 15 is 0 Å². The van der Waals surface area contributed by atoms with E-state index in [0.717, 1.165) is 11.1 Å². The molecule has 0 aliphatic carbocycles. The third-order valence-corrected chi connectivity index (χ3v) is 3.45. The highest BCUT2D eigenvalue weighted by molar-refractivity contribution is 7.08. The van der Waals surface area contributed by atoms with E-state index in [4.69, 9.17) is 17.3 Å². The number of halogens is 2. The van der Waals surface area contributed by atoms with Crippen LogP contribution in [0.4, 0.5) is 0 Å². The molecular weight excluding hydrogens is 277 g/mol. The van der Waals surface area contributed by atoms with Crippen molar-refractivity contribution in [2.24, 2.45) is 5.73 Å².